The molecule has 1 aromatic rings. The van der Waals surface area contributed by atoms with E-state index in [9.17, 15) is 0 Å². The number of nitrogens with zero attached hydrogens (tertiary/aromatic N) is 2. The van der Waals surface area contributed by atoms with Crippen molar-refractivity contribution in [1.29, 1.82) is 0 Å². The summed E-state index contributed by atoms with van der Waals surface area (Å²) in [5.41, 5.74) is 1.22. The van der Waals surface area contributed by atoms with Gasteiger partial charge in [0.2, 0.25) is 0 Å². The van der Waals surface area contributed by atoms with Crippen LogP contribution in [0.25, 0.3) is 0 Å². The van der Waals surface area contributed by atoms with Gasteiger partial charge in [-0.3, -0.25) is 4.68 Å². The van der Waals surface area contributed by atoms with Crippen molar-refractivity contribution < 1.29 is 4.74 Å². The van der Waals surface area contributed by atoms with Crippen LogP contribution >= 0.6 is 0 Å². The van der Waals surface area contributed by atoms with Gasteiger partial charge in [0, 0.05) is 25.4 Å². The lowest BCUT2D eigenvalue weighted by Gasteiger charge is -2.11. The second-order valence-electron chi connectivity index (χ2n) is 5.38. The van der Waals surface area contributed by atoms with Crippen molar-refractivity contribution in [3.05, 3.63) is 18.0 Å². The Morgan fingerprint density at radius 3 is 2.72 bits per heavy atom. The zero-order chi connectivity index (χ0) is 13.4. The van der Waals surface area contributed by atoms with Gasteiger partial charge >= 0.3 is 0 Å². The summed E-state index contributed by atoms with van der Waals surface area (Å²) in [5, 5.41) is 7.73. The first-order chi connectivity index (χ1) is 8.59. The van der Waals surface area contributed by atoms with Gasteiger partial charge in [-0.05, 0) is 18.4 Å². The number of rotatable bonds is 9. The monoisotopic (exact) mass is 253 g/mol. The van der Waals surface area contributed by atoms with Crippen LogP contribution in [0.2, 0.25) is 0 Å². The van der Waals surface area contributed by atoms with Gasteiger partial charge in [-0.1, -0.05) is 27.7 Å². The highest BCUT2D eigenvalue weighted by atomic mass is 16.5. The molecule has 4 heteroatoms. The van der Waals surface area contributed by atoms with Crippen molar-refractivity contribution in [2.45, 2.75) is 53.2 Å². The lowest BCUT2D eigenvalue weighted by Crippen LogP contribution is -2.24. The van der Waals surface area contributed by atoms with Crippen molar-refractivity contribution in [2.75, 3.05) is 13.2 Å². The third-order valence-corrected chi connectivity index (χ3v) is 2.78. The van der Waals surface area contributed by atoms with E-state index in [4.69, 9.17) is 4.74 Å². The first kappa shape index (κ1) is 15.2. The Bertz CT molecular complexity index is 321. The van der Waals surface area contributed by atoms with Gasteiger partial charge in [0.1, 0.15) is 0 Å². The smallest absolute Gasteiger partial charge is 0.0662 e. The van der Waals surface area contributed by atoms with Gasteiger partial charge in [-0.15, -0.1) is 0 Å². The molecule has 0 amide bonds. The summed E-state index contributed by atoms with van der Waals surface area (Å²) in [6.45, 7) is 12.0. The van der Waals surface area contributed by atoms with Crippen LogP contribution < -0.4 is 5.32 Å². The van der Waals surface area contributed by atoms with E-state index in [1.54, 1.807) is 0 Å². The first-order valence-electron chi connectivity index (χ1n) is 6.91. The van der Waals surface area contributed by atoms with E-state index in [0.29, 0.717) is 12.0 Å². The normalized spacial score (nSPS) is 11.7. The number of hydrogen-bond acceptors (Lipinski definition) is 3. The molecule has 104 valence electrons. The van der Waals surface area contributed by atoms with Crippen LogP contribution in [-0.2, 0) is 17.8 Å². The minimum absolute atomic E-state index is 0.496. The Hall–Kier alpha value is -0.870. The summed E-state index contributed by atoms with van der Waals surface area (Å²) in [7, 11) is 0. The van der Waals surface area contributed by atoms with Gasteiger partial charge in [0.25, 0.3) is 0 Å². The molecule has 0 aliphatic carbocycles. The summed E-state index contributed by atoms with van der Waals surface area (Å²) in [5.74, 6) is 0.709. The van der Waals surface area contributed by atoms with Crippen molar-refractivity contribution in [2.24, 2.45) is 5.92 Å². The number of hydrogen-bond donors (Lipinski definition) is 1. The van der Waals surface area contributed by atoms with Gasteiger partial charge in [-0.25, -0.2) is 0 Å². The molecule has 18 heavy (non-hydrogen) atoms. The second kappa shape index (κ2) is 8.27. The number of nitrogens with one attached hydrogen (secondary N) is 1. The predicted molar refractivity (Wildman–Crippen MR) is 74.5 cm³/mol. The summed E-state index contributed by atoms with van der Waals surface area (Å²) in [6, 6.07) is 2.55. The largest absolute Gasteiger partial charge is 0.380 e. The molecule has 1 aromatic heterocycles. The molecule has 1 N–H and O–H groups in total. The summed E-state index contributed by atoms with van der Waals surface area (Å²) < 4.78 is 7.64. The zero-order valence-electron chi connectivity index (χ0n) is 12.1. The molecule has 0 unspecified atom stereocenters. The fourth-order valence-corrected chi connectivity index (χ4v) is 1.59. The number of aromatic nitrogens is 2. The Morgan fingerprint density at radius 1 is 1.28 bits per heavy atom. The van der Waals surface area contributed by atoms with Gasteiger partial charge in [0.05, 0.1) is 18.8 Å². The van der Waals surface area contributed by atoms with Gasteiger partial charge in [-0.2, -0.15) is 5.10 Å². The Kier molecular flexibility index (Phi) is 6.98. The molecule has 0 saturated heterocycles. The molecule has 0 atom stereocenters. The second-order valence-corrected chi connectivity index (χ2v) is 5.38. The Morgan fingerprint density at radius 2 is 2.06 bits per heavy atom. The van der Waals surface area contributed by atoms with Crippen LogP contribution in [0.1, 0.15) is 39.8 Å². The predicted octanol–water partition coefficient (Wildman–Crippen LogP) is 2.44. The van der Waals surface area contributed by atoms with Crippen LogP contribution in [-0.4, -0.2) is 29.0 Å². The molecule has 0 bridgehead atoms. The standard InChI is InChI=1S/C14H27N3O/c1-12(2)6-9-18-10-8-17-14(5-7-16-17)11-15-13(3)4/h5,7,12-13,15H,6,8-11H2,1-4H3. The molecule has 0 aromatic carbocycles. The molecular weight excluding hydrogens is 226 g/mol. The average molecular weight is 253 g/mol. The fraction of sp³-hybridized carbons (Fsp3) is 0.786. The third-order valence-electron chi connectivity index (χ3n) is 2.78. The molecule has 4 nitrogen and oxygen atoms in total. The van der Waals surface area contributed by atoms with Crippen molar-refractivity contribution in [1.82, 2.24) is 15.1 Å². The summed E-state index contributed by atoms with van der Waals surface area (Å²) >= 11 is 0. The highest BCUT2D eigenvalue weighted by molar-refractivity contribution is 5.00. The van der Waals surface area contributed by atoms with E-state index >= 15 is 0 Å². The average Bonchev–Trinajstić information content (AvgIpc) is 2.73. The van der Waals surface area contributed by atoms with E-state index in [2.05, 4.69) is 44.2 Å². The van der Waals surface area contributed by atoms with Crippen LogP contribution in [0.4, 0.5) is 0 Å². The minimum atomic E-state index is 0.496. The van der Waals surface area contributed by atoms with Crippen LogP contribution in [0.3, 0.4) is 0 Å². The van der Waals surface area contributed by atoms with Crippen molar-refractivity contribution in [3.63, 3.8) is 0 Å². The maximum atomic E-state index is 5.62. The first-order valence-corrected chi connectivity index (χ1v) is 6.91. The zero-order valence-corrected chi connectivity index (χ0v) is 12.1. The molecule has 0 aliphatic rings. The lowest BCUT2D eigenvalue weighted by molar-refractivity contribution is 0.113. The number of ether oxygens (including phenoxy) is 1. The maximum absolute atomic E-state index is 5.62. The van der Waals surface area contributed by atoms with Crippen LogP contribution in [0, 0.1) is 5.92 Å². The van der Waals surface area contributed by atoms with Crippen LogP contribution in [0.5, 0.6) is 0 Å². The van der Waals surface area contributed by atoms with Crippen LogP contribution in [0.15, 0.2) is 12.3 Å². The molecule has 0 saturated carbocycles. The fourth-order valence-electron chi connectivity index (χ4n) is 1.59. The highest BCUT2D eigenvalue weighted by Gasteiger charge is 2.03. The SMILES string of the molecule is CC(C)CCOCCn1nccc1CNC(C)C. The van der Waals surface area contributed by atoms with E-state index in [-0.39, 0.29) is 0 Å². The molecule has 1 rings (SSSR count). The molecule has 0 radical (unpaired) electrons. The quantitative estimate of drug-likeness (QED) is 0.687. The van der Waals surface area contributed by atoms with Gasteiger partial charge in [0.15, 0.2) is 0 Å². The third kappa shape index (κ3) is 6.17. The molecular formula is C14H27N3O. The lowest BCUT2D eigenvalue weighted by atomic mass is 10.1. The van der Waals surface area contributed by atoms with E-state index in [0.717, 1.165) is 32.7 Å². The topological polar surface area (TPSA) is 39.1 Å². The highest BCUT2D eigenvalue weighted by Crippen LogP contribution is 2.01. The summed E-state index contributed by atoms with van der Waals surface area (Å²) in [6.07, 6.45) is 2.98. The van der Waals surface area contributed by atoms with E-state index < -0.39 is 0 Å². The summed E-state index contributed by atoms with van der Waals surface area (Å²) in [4.78, 5) is 0. The minimum Gasteiger partial charge on any atom is -0.380 e. The molecule has 0 aliphatic heterocycles. The van der Waals surface area contributed by atoms with Crippen molar-refractivity contribution in [3.8, 4) is 0 Å². The Labute approximate surface area is 111 Å². The van der Waals surface area contributed by atoms with Gasteiger partial charge < -0.3 is 10.1 Å². The maximum Gasteiger partial charge on any atom is 0.0662 e. The molecule has 1 heterocycles. The van der Waals surface area contributed by atoms with E-state index in [1.165, 1.54) is 5.69 Å². The Balaban J connectivity index is 2.23. The molecule has 0 spiro atoms. The van der Waals surface area contributed by atoms with Crippen molar-refractivity contribution >= 4 is 0 Å². The molecule has 0 fully saturated rings. The van der Waals surface area contributed by atoms with E-state index in [1.807, 2.05) is 10.9 Å².